The number of hydrogen-bond donors (Lipinski definition) is 1. The van der Waals surface area contributed by atoms with Crippen LogP contribution in [-0.2, 0) is 7.05 Å². The second kappa shape index (κ2) is 3.82. The van der Waals surface area contributed by atoms with Crippen LogP contribution in [0, 0.1) is 0 Å². The van der Waals surface area contributed by atoms with Crippen LogP contribution < -0.4 is 10.3 Å². The zero-order valence-corrected chi connectivity index (χ0v) is 8.78. The van der Waals surface area contributed by atoms with Gasteiger partial charge in [0.2, 0.25) is 5.75 Å². The number of benzene rings is 1. The topological polar surface area (TPSA) is 47.0 Å². The average Bonchev–Trinajstić information content (AvgIpc) is 2.53. The number of aryl methyl sites for hydroxylation is 1. The highest BCUT2D eigenvalue weighted by Crippen LogP contribution is 2.26. The lowest BCUT2D eigenvalue weighted by Gasteiger charge is -2.02. The predicted octanol–water partition coefficient (Wildman–Crippen LogP) is 2.16. The molecule has 2 rings (SSSR count). The van der Waals surface area contributed by atoms with Gasteiger partial charge in [0.05, 0.1) is 11.2 Å². The lowest BCUT2D eigenvalue weighted by molar-refractivity contribution is 0.476. The molecular formula is C10H9ClN2O2. The predicted molar refractivity (Wildman–Crippen MR) is 57.6 cm³/mol. The fraction of sp³-hybridized carbons (Fsp3) is 0.100. The van der Waals surface area contributed by atoms with Gasteiger partial charge >= 0.3 is 5.56 Å². The van der Waals surface area contributed by atoms with Crippen LogP contribution in [0.15, 0.2) is 35.3 Å². The summed E-state index contributed by atoms with van der Waals surface area (Å²) in [6, 6.07) is 6.99. The van der Waals surface area contributed by atoms with Gasteiger partial charge in [0.15, 0.2) is 0 Å². The fourth-order valence-electron chi connectivity index (χ4n) is 1.16. The SMILES string of the molecule is Cn1[nH]cc(Oc2ccccc2Cl)c1=O. The lowest BCUT2D eigenvalue weighted by Crippen LogP contribution is -2.12. The summed E-state index contributed by atoms with van der Waals surface area (Å²) in [4.78, 5) is 11.4. The van der Waals surface area contributed by atoms with E-state index in [1.807, 2.05) is 0 Å². The molecule has 0 fully saturated rings. The molecule has 0 radical (unpaired) electrons. The van der Waals surface area contributed by atoms with Crippen molar-refractivity contribution in [3.63, 3.8) is 0 Å². The third-order valence-corrected chi connectivity index (χ3v) is 2.27. The minimum Gasteiger partial charge on any atom is -0.448 e. The number of aromatic nitrogens is 2. The molecule has 1 N–H and O–H groups in total. The van der Waals surface area contributed by atoms with Gasteiger partial charge in [-0.05, 0) is 12.1 Å². The van der Waals surface area contributed by atoms with Gasteiger partial charge in [-0.15, -0.1) is 0 Å². The molecule has 0 saturated heterocycles. The number of nitrogens with zero attached hydrogens (tertiary/aromatic N) is 1. The summed E-state index contributed by atoms with van der Waals surface area (Å²) >= 11 is 5.89. The van der Waals surface area contributed by atoms with E-state index in [-0.39, 0.29) is 11.3 Å². The summed E-state index contributed by atoms with van der Waals surface area (Å²) in [5.41, 5.74) is -0.227. The van der Waals surface area contributed by atoms with Crippen LogP contribution in [0.4, 0.5) is 0 Å². The van der Waals surface area contributed by atoms with Crippen LogP contribution in [-0.4, -0.2) is 9.78 Å². The maximum absolute atomic E-state index is 11.4. The zero-order valence-electron chi connectivity index (χ0n) is 8.03. The zero-order chi connectivity index (χ0) is 10.8. The van der Waals surface area contributed by atoms with Gasteiger partial charge in [0, 0.05) is 7.05 Å². The monoisotopic (exact) mass is 224 g/mol. The molecule has 0 unspecified atom stereocenters. The second-order valence-electron chi connectivity index (χ2n) is 3.03. The van der Waals surface area contributed by atoms with E-state index in [2.05, 4.69) is 5.10 Å². The molecule has 1 aromatic carbocycles. The minimum atomic E-state index is -0.227. The van der Waals surface area contributed by atoms with Gasteiger partial charge in [0.1, 0.15) is 5.75 Å². The van der Waals surface area contributed by atoms with Crippen molar-refractivity contribution in [3.8, 4) is 11.5 Å². The number of nitrogens with one attached hydrogen (secondary N) is 1. The molecule has 0 saturated carbocycles. The Balaban J connectivity index is 2.34. The van der Waals surface area contributed by atoms with Crippen molar-refractivity contribution in [2.75, 3.05) is 0 Å². The Bertz CT molecular complexity index is 530. The van der Waals surface area contributed by atoms with Crippen LogP contribution >= 0.6 is 11.6 Å². The normalized spacial score (nSPS) is 10.3. The maximum atomic E-state index is 11.4. The average molecular weight is 225 g/mol. The number of ether oxygens (including phenoxy) is 1. The van der Waals surface area contributed by atoms with E-state index in [0.29, 0.717) is 10.8 Å². The molecule has 0 aliphatic heterocycles. The van der Waals surface area contributed by atoms with Gasteiger partial charge in [0.25, 0.3) is 0 Å². The Labute approximate surface area is 91.0 Å². The Morgan fingerprint density at radius 3 is 2.67 bits per heavy atom. The van der Waals surface area contributed by atoms with Crippen molar-refractivity contribution in [2.24, 2.45) is 7.05 Å². The molecule has 5 heteroatoms. The highest BCUT2D eigenvalue weighted by atomic mass is 35.5. The van der Waals surface area contributed by atoms with Gasteiger partial charge in [-0.1, -0.05) is 23.7 Å². The van der Waals surface area contributed by atoms with Crippen LogP contribution in [0.1, 0.15) is 0 Å². The first-order valence-corrected chi connectivity index (χ1v) is 4.73. The first-order chi connectivity index (χ1) is 7.18. The van der Waals surface area contributed by atoms with Crippen LogP contribution in [0.25, 0.3) is 0 Å². The molecule has 15 heavy (non-hydrogen) atoms. The van der Waals surface area contributed by atoms with Crippen molar-refractivity contribution in [2.45, 2.75) is 0 Å². The third-order valence-electron chi connectivity index (χ3n) is 1.96. The molecule has 1 aromatic heterocycles. The standard InChI is InChI=1S/C10H9ClN2O2/c1-13-10(14)9(6-12-13)15-8-5-3-2-4-7(8)11/h2-6,12H,1H3. The van der Waals surface area contributed by atoms with Crippen molar-refractivity contribution < 1.29 is 4.74 Å². The number of hydrogen-bond acceptors (Lipinski definition) is 2. The minimum absolute atomic E-state index is 0.227. The first kappa shape index (κ1) is 9.86. The highest BCUT2D eigenvalue weighted by Gasteiger charge is 2.07. The van der Waals surface area contributed by atoms with Crippen molar-refractivity contribution in [1.82, 2.24) is 9.78 Å². The van der Waals surface area contributed by atoms with Crippen molar-refractivity contribution in [1.29, 1.82) is 0 Å². The molecule has 1 heterocycles. The highest BCUT2D eigenvalue weighted by molar-refractivity contribution is 6.32. The van der Waals surface area contributed by atoms with Gasteiger partial charge in [-0.25, -0.2) is 0 Å². The molecule has 78 valence electrons. The quantitative estimate of drug-likeness (QED) is 0.850. The van der Waals surface area contributed by atoms with E-state index >= 15 is 0 Å². The summed E-state index contributed by atoms with van der Waals surface area (Å²) in [5.74, 6) is 0.696. The Kier molecular flexibility index (Phi) is 2.51. The summed E-state index contributed by atoms with van der Waals surface area (Å²) < 4.78 is 6.69. The van der Waals surface area contributed by atoms with Gasteiger partial charge in [-0.2, -0.15) is 0 Å². The van der Waals surface area contributed by atoms with Crippen molar-refractivity contribution >= 4 is 11.6 Å². The molecular weight excluding hydrogens is 216 g/mol. The first-order valence-electron chi connectivity index (χ1n) is 4.35. The molecule has 0 aliphatic rings. The second-order valence-corrected chi connectivity index (χ2v) is 3.44. The summed E-state index contributed by atoms with van der Waals surface area (Å²) in [5, 5.41) is 3.19. The molecule has 0 atom stereocenters. The fourth-order valence-corrected chi connectivity index (χ4v) is 1.33. The van der Waals surface area contributed by atoms with Gasteiger partial charge in [-0.3, -0.25) is 14.6 Å². The number of para-hydroxylation sites is 1. The molecule has 2 aromatic rings. The third kappa shape index (κ3) is 1.89. The molecule has 0 aliphatic carbocycles. The Hall–Kier alpha value is -1.68. The van der Waals surface area contributed by atoms with Gasteiger partial charge < -0.3 is 4.74 Å². The number of aromatic amines is 1. The van der Waals surface area contributed by atoms with Crippen LogP contribution in [0.3, 0.4) is 0 Å². The van der Waals surface area contributed by atoms with Crippen LogP contribution in [0.2, 0.25) is 5.02 Å². The largest absolute Gasteiger partial charge is 0.448 e. The van der Waals surface area contributed by atoms with Crippen LogP contribution in [0.5, 0.6) is 11.5 Å². The molecule has 4 nitrogen and oxygen atoms in total. The molecule has 0 spiro atoms. The van der Waals surface area contributed by atoms with E-state index < -0.39 is 0 Å². The summed E-state index contributed by atoms with van der Waals surface area (Å²) in [7, 11) is 1.61. The molecule has 0 amide bonds. The smallest absolute Gasteiger partial charge is 0.309 e. The number of rotatable bonds is 2. The summed E-state index contributed by atoms with van der Waals surface area (Å²) in [6.07, 6.45) is 1.49. The van der Waals surface area contributed by atoms with E-state index in [0.717, 1.165) is 0 Å². The van der Waals surface area contributed by atoms with E-state index in [4.69, 9.17) is 16.3 Å². The summed E-state index contributed by atoms with van der Waals surface area (Å²) in [6.45, 7) is 0. The maximum Gasteiger partial charge on any atom is 0.309 e. The number of halogens is 1. The van der Waals surface area contributed by atoms with Crippen molar-refractivity contribution in [3.05, 3.63) is 45.8 Å². The Morgan fingerprint density at radius 2 is 2.07 bits per heavy atom. The lowest BCUT2D eigenvalue weighted by atomic mass is 10.3. The Morgan fingerprint density at radius 1 is 1.33 bits per heavy atom. The molecule has 0 bridgehead atoms. The van der Waals surface area contributed by atoms with E-state index in [1.165, 1.54) is 10.9 Å². The van der Waals surface area contributed by atoms with E-state index in [9.17, 15) is 4.79 Å². The van der Waals surface area contributed by atoms with E-state index in [1.54, 1.807) is 31.3 Å². The number of H-pyrrole nitrogens is 1.